The topological polar surface area (TPSA) is 21.3 Å². The minimum absolute atomic E-state index is 0.895. The van der Waals surface area contributed by atoms with Crippen LogP contribution in [0, 0.1) is 5.92 Å². The highest BCUT2D eigenvalue weighted by molar-refractivity contribution is 5.05. The summed E-state index contributed by atoms with van der Waals surface area (Å²) in [7, 11) is 0. The van der Waals surface area contributed by atoms with Crippen LogP contribution in [0.3, 0.4) is 0 Å². The molecular weight excluding hydrogens is 174 g/mol. The van der Waals surface area contributed by atoms with Crippen molar-refractivity contribution in [3.05, 3.63) is 11.6 Å². The average Bonchev–Trinajstić information content (AvgIpc) is 2.29. The van der Waals surface area contributed by atoms with Gasteiger partial charge in [-0.15, -0.1) is 0 Å². The van der Waals surface area contributed by atoms with Gasteiger partial charge in [0.25, 0.3) is 0 Å². The van der Waals surface area contributed by atoms with Crippen LogP contribution >= 0.6 is 0 Å². The largest absolute Gasteiger partial charge is 0.381 e. The normalized spacial score (nSPS) is 25.0. The van der Waals surface area contributed by atoms with Crippen LogP contribution < -0.4 is 5.32 Å². The summed E-state index contributed by atoms with van der Waals surface area (Å²) < 4.78 is 5.36. The highest BCUT2D eigenvalue weighted by Crippen LogP contribution is 2.21. The molecule has 80 valence electrons. The lowest BCUT2D eigenvalue weighted by molar-refractivity contribution is 0.0672. The molecule has 0 aliphatic carbocycles. The molecule has 2 heterocycles. The highest BCUT2D eigenvalue weighted by atomic mass is 16.5. The maximum Gasteiger partial charge on any atom is 0.0468 e. The molecule has 0 aromatic carbocycles. The molecule has 0 atom stereocenters. The standard InChI is InChI=1S/C12H21NO/c1(11-3-7-13-8-4-11)2-12-5-9-14-10-6-12/h1,12-13H,2-10H2. The Balaban J connectivity index is 1.73. The fourth-order valence-electron chi connectivity index (χ4n) is 2.27. The van der Waals surface area contributed by atoms with E-state index in [4.69, 9.17) is 4.74 Å². The minimum atomic E-state index is 0.895. The van der Waals surface area contributed by atoms with Gasteiger partial charge in [0.2, 0.25) is 0 Å². The zero-order valence-electron chi connectivity index (χ0n) is 8.93. The summed E-state index contributed by atoms with van der Waals surface area (Å²) in [5, 5.41) is 3.39. The van der Waals surface area contributed by atoms with Gasteiger partial charge >= 0.3 is 0 Å². The van der Waals surface area contributed by atoms with Gasteiger partial charge in [-0.3, -0.25) is 0 Å². The van der Waals surface area contributed by atoms with E-state index >= 15 is 0 Å². The van der Waals surface area contributed by atoms with Crippen LogP contribution in [0.1, 0.15) is 32.1 Å². The summed E-state index contributed by atoms with van der Waals surface area (Å²) >= 11 is 0. The van der Waals surface area contributed by atoms with Gasteiger partial charge in [0.05, 0.1) is 0 Å². The van der Waals surface area contributed by atoms with Crippen molar-refractivity contribution >= 4 is 0 Å². The molecule has 2 rings (SSSR count). The number of hydrogen-bond donors (Lipinski definition) is 1. The molecule has 2 fully saturated rings. The zero-order chi connectivity index (χ0) is 9.64. The van der Waals surface area contributed by atoms with Crippen molar-refractivity contribution in [2.75, 3.05) is 26.3 Å². The van der Waals surface area contributed by atoms with E-state index in [0.29, 0.717) is 0 Å². The van der Waals surface area contributed by atoms with Crippen molar-refractivity contribution in [3.8, 4) is 0 Å². The van der Waals surface area contributed by atoms with E-state index < -0.39 is 0 Å². The van der Waals surface area contributed by atoms with Gasteiger partial charge in [0, 0.05) is 13.2 Å². The third-order valence-electron chi connectivity index (χ3n) is 3.33. The summed E-state index contributed by atoms with van der Waals surface area (Å²) in [5.74, 6) is 0.895. The molecule has 2 aliphatic rings. The molecule has 0 aromatic heterocycles. The van der Waals surface area contributed by atoms with Crippen LogP contribution in [0.15, 0.2) is 11.6 Å². The van der Waals surface area contributed by atoms with E-state index in [9.17, 15) is 0 Å². The first-order valence-electron chi connectivity index (χ1n) is 5.91. The lowest BCUT2D eigenvalue weighted by Crippen LogP contribution is -2.23. The van der Waals surface area contributed by atoms with Gasteiger partial charge in [0.1, 0.15) is 0 Å². The fourth-order valence-corrected chi connectivity index (χ4v) is 2.27. The second-order valence-electron chi connectivity index (χ2n) is 4.40. The van der Waals surface area contributed by atoms with Gasteiger partial charge in [-0.2, -0.15) is 0 Å². The van der Waals surface area contributed by atoms with Gasteiger partial charge in [-0.05, 0) is 51.1 Å². The van der Waals surface area contributed by atoms with Crippen LogP contribution in [0.25, 0.3) is 0 Å². The minimum Gasteiger partial charge on any atom is -0.381 e. The molecule has 0 radical (unpaired) electrons. The molecule has 0 spiro atoms. The van der Waals surface area contributed by atoms with Crippen molar-refractivity contribution in [2.45, 2.75) is 32.1 Å². The van der Waals surface area contributed by atoms with Gasteiger partial charge < -0.3 is 10.1 Å². The maximum atomic E-state index is 5.36. The summed E-state index contributed by atoms with van der Waals surface area (Å²) in [5.41, 5.74) is 1.68. The third-order valence-corrected chi connectivity index (χ3v) is 3.33. The summed E-state index contributed by atoms with van der Waals surface area (Å²) in [4.78, 5) is 0. The number of rotatable bonds is 2. The van der Waals surface area contributed by atoms with Crippen molar-refractivity contribution in [2.24, 2.45) is 5.92 Å². The molecule has 0 aromatic rings. The third kappa shape index (κ3) is 3.10. The Kier molecular flexibility index (Phi) is 4.02. The Labute approximate surface area is 86.7 Å². The second-order valence-corrected chi connectivity index (χ2v) is 4.40. The Bertz CT molecular complexity index is 186. The van der Waals surface area contributed by atoms with Crippen LogP contribution in [-0.2, 0) is 4.74 Å². The number of hydrogen-bond acceptors (Lipinski definition) is 2. The molecule has 2 heteroatoms. The van der Waals surface area contributed by atoms with Crippen LogP contribution in [0.2, 0.25) is 0 Å². The molecule has 2 nitrogen and oxygen atoms in total. The number of nitrogens with one attached hydrogen (secondary N) is 1. The first kappa shape index (κ1) is 10.2. The van der Waals surface area contributed by atoms with Crippen LogP contribution in [0.5, 0.6) is 0 Å². The Hall–Kier alpha value is -0.340. The maximum absolute atomic E-state index is 5.36. The second kappa shape index (κ2) is 5.52. The van der Waals surface area contributed by atoms with Gasteiger partial charge in [-0.1, -0.05) is 11.6 Å². The van der Waals surface area contributed by atoms with E-state index in [2.05, 4.69) is 11.4 Å². The number of allylic oxidation sites excluding steroid dienone is 1. The van der Waals surface area contributed by atoms with Crippen molar-refractivity contribution < 1.29 is 4.74 Å². The van der Waals surface area contributed by atoms with Crippen molar-refractivity contribution in [3.63, 3.8) is 0 Å². The van der Waals surface area contributed by atoms with E-state index in [1.165, 1.54) is 45.2 Å². The summed E-state index contributed by atoms with van der Waals surface area (Å²) in [6.07, 6.45) is 8.85. The highest BCUT2D eigenvalue weighted by Gasteiger charge is 2.12. The molecule has 2 saturated heterocycles. The lowest BCUT2D eigenvalue weighted by atomic mass is 9.94. The molecule has 2 aliphatic heterocycles. The van der Waals surface area contributed by atoms with Crippen LogP contribution in [0.4, 0.5) is 0 Å². The number of ether oxygens (including phenoxy) is 1. The van der Waals surface area contributed by atoms with Crippen molar-refractivity contribution in [1.29, 1.82) is 0 Å². The predicted molar refractivity (Wildman–Crippen MR) is 58.3 cm³/mol. The van der Waals surface area contributed by atoms with Gasteiger partial charge in [0.15, 0.2) is 0 Å². The molecule has 1 N–H and O–H groups in total. The fraction of sp³-hybridized carbons (Fsp3) is 0.833. The van der Waals surface area contributed by atoms with Gasteiger partial charge in [-0.25, -0.2) is 0 Å². The SMILES string of the molecule is C(CC1CCOCC1)=C1CCNCC1. The van der Waals surface area contributed by atoms with E-state index in [-0.39, 0.29) is 0 Å². The summed E-state index contributed by atoms with van der Waals surface area (Å²) in [6, 6.07) is 0. The average molecular weight is 195 g/mol. The van der Waals surface area contributed by atoms with E-state index in [0.717, 1.165) is 19.1 Å². The first-order valence-corrected chi connectivity index (χ1v) is 5.91. The predicted octanol–water partition coefficient (Wildman–Crippen LogP) is 2.11. The Morgan fingerprint density at radius 2 is 1.93 bits per heavy atom. The molecule has 14 heavy (non-hydrogen) atoms. The molecule has 0 bridgehead atoms. The summed E-state index contributed by atoms with van der Waals surface area (Å²) in [6.45, 7) is 4.32. The Morgan fingerprint density at radius 1 is 1.21 bits per heavy atom. The molecular formula is C12H21NO. The molecule has 0 unspecified atom stereocenters. The quantitative estimate of drug-likeness (QED) is 0.681. The Morgan fingerprint density at radius 3 is 2.64 bits per heavy atom. The van der Waals surface area contributed by atoms with Crippen molar-refractivity contribution in [1.82, 2.24) is 5.32 Å². The lowest BCUT2D eigenvalue weighted by Gasteiger charge is -2.22. The molecule has 0 amide bonds. The first-order chi connectivity index (χ1) is 6.95. The van der Waals surface area contributed by atoms with E-state index in [1.54, 1.807) is 5.57 Å². The smallest absolute Gasteiger partial charge is 0.0468 e. The van der Waals surface area contributed by atoms with Crippen LogP contribution in [-0.4, -0.2) is 26.3 Å². The number of piperidine rings is 1. The monoisotopic (exact) mass is 195 g/mol. The zero-order valence-corrected chi connectivity index (χ0v) is 8.93. The van der Waals surface area contributed by atoms with E-state index in [1.807, 2.05) is 0 Å². The molecule has 0 saturated carbocycles.